The molecule has 0 amide bonds. The Labute approximate surface area is 129 Å². The summed E-state index contributed by atoms with van der Waals surface area (Å²) >= 11 is 0. The minimum Gasteiger partial charge on any atom is -0.475 e. The van der Waals surface area contributed by atoms with Crippen molar-refractivity contribution >= 4 is 0 Å². The third-order valence-electron chi connectivity index (χ3n) is 4.05. The number of aliphatic hydroxyl groups excluding tert-OH is 1. The lowest BCUT2D eigenvalue weighted by molar-refractivity contribution is 0.147. The number of hydrogen-bond donors (Lipinski definition) is 1. The fraction of sp³-hybridized carbons (Fsp3) is 0.471. The van der Waals surface area contributed by atoms with E-state index in [-0.39, 0.29) is 24.4 Å². The molecule has 1 aliphatic rings. The Bertz CT molecular complexity index is 694. The van der Waals surface area contributed by atoms with Crippen molar-refractivity contribution in [1.29, 1.82) is 0 Å². The molecule has 0 saturated heterocycles. The highest BCUT2D eigenvalue weighted by molar-refractivity contribution is 5.67. The summed E-state index contributed by atoms with van der Waals surface area (Å²) < 4.78 is 22.2. The van der Waals surface area contributed by atoms with Gasteiger partial charge in [0.2, 0.25) is 5.88 Å². The number of rotatable bonds is 3. The quantitative estimate of drug-likeness (QED) is 0.944. The fourth-order valence-corrected chi connectivity index (χ4v) is 2.86. The van der Waals surface area contributed by atoms with Gasteiger partial charge in [-0.2, -0.15) is 5.10 Å². The van der Waals surface area contributed by atoms with Gasteiger partial charge in [0, 0.05) is 24.1 Å². The number of ether oxygens (including phenoxy) is 1. The van der Waals surface area contributed by atoms with E-state index < -0.39 is 0 Å². The largest absolute Gasteiger partial charge is 0.475 e. The van der Waals surface area contributed by atoms with Gasteiger partial charge < -0.3 is 9.84 Å². The smallest absolute Gasteiger partial charge is 0.216 e. The minimum absolute atomic E-state index is 0.149. The van der Waals surface area contributed by atoms with Crippen molar-refractivity contribution in [2.45, 2.75) is 52.4 Å². The van der Waals surface area contributed by atoms with Crippen LogP contribution in [0.2, 0.25) is 0 Å². The Hall–Kier alpha value is -1.88. The van der Waals surface area contributed by atoms with Gasteiger partial charge >= 0.3 is 0 Å². The van der Waals surface area contributed by atoms with Gasteiger partial charge in [0.05, 0.1) is 12.7 Å². The van der Waals surface area contributed by atoms with Crippen LogP contribution in [0.5, 0.6) is 5.88 Å². The summed E-state index contributed by atoms with van der Waals surface area (Å²) in [6.45, 7) is 6.77. The summed E-state index contributed by atoms with van der Waals surface area (Å²) in [5.74, 6) is 0.576. The summed E-state index contributed by atoms with van der Waals surface area (Å²) in [5, 5.41) is 13.7. The van der Waals surface area contributed by atoms with Crippen LogP contribution in [0, 0.1) is 5.82 Å². The van der Waals surface area contributed by atoms with Gasteiger partial charge in [-0.1, -0.05) is 19.9 Å². The van der Waals surface area contributed by atoms with Crippen molar-refractivity contribution in [3.05, 3.63) is 35.1 Å². The molecule has 1 atom stereocenters. The van der Waals surface area contributed by atoms with E-state index in [0.717, 1.165) is 24.4 Å². The van der Waals surface area contributed by atoms with Gasteiger partial charge in [-0.05, 0) is 30.5 Å². The summed E-state index contributed by atoms with van der Waals surface area (Å²) in [6, 6.07) is 4.77. The number of nitrogens with zero attached hydrogens (tertiary/aromatic N) is 2. The zero-order valence-electron chi connectivity index (χ0n) is 13.1. The van der Waals surface area contributed by atoms with Crippen molar-refractivity contribution < 1.29 is 14.2 Å². The number of benzene rings is 1. The van der Waals surface area contributed by atoms with Crippen LogP contribution in [0.1, 0.15) is 44.2 Å². The van der Waals surface area contributed by atoms with Crippen molar-refractivity contribution in [1.82, 2.24) is 9.78 Å². The Morgan fingerprint density at radius 2 is 2.23 bits per heavy atom. The Morgan fingerprint density at radius 3 is 2.86 bits per heavy atom. The molecule has 0 spiro atoms. The number of fused-ring (bicyclic) bond motifs is 1. The second-order valence-corrected chi connectivity index (χ2v) is 6.13. The highest BCUT2D eigenvalue weighted by Gasteiger charge is 2.28. The van der Waals surface area contributed by atoms with Crippen LogP contribution in [0.15, 0.2) is 18.2 Å². The van der Waals surface area contributed by atoms with Gasteiger partial charge in [0.15, 0.2) is 0 Å². The number of aromatic nitrogens is 2. The first-order valence-corrected chi connectivity index (χ1v) is 7.68. The van der Waals surface area contributed by atoms with Crippen LogP contribution in [0.25, 0.3) is 11.3 Å². The number of hydrogen-bond acceptors (Lipinski definition) is 3. The van der Waals surface area contributed by atoms with Crippen molar-refractivity contribution in [3.63, 3.8) is 0 Å². The monoisotopic (exact) mass is 304 g/mol. The van der Waals surface area contributed by atoms with Gasteiger partial charge in [-0.15, -0.1) is 0 Å². The molecule has 22 heavy (non-hydrogen) atoms. The Kier molecular flexibility index (Phi) is 3.91. The summed E-state index contributed by atoms with van der Waals surface area (Å²) in [5.41, 5.74) is 2.60. The third kappa shape index (κ3) is 2.50. The van der Waals surface area contributed by atoms with Crippen LogP contribution in [-0.4, -0.2) is 21.0 Å². The maximum atomic E-state index is 14.4. The second-order valence-electron chi connectivity index (χ2n) is 6.13. The maximum absolute atomic E-state index is 14.4. The Morgan fingerprint density at radius 1 is 1.45 bits per heavy atom. The van der Waals surface area contributed by atoms with E-state index in [2.05, 4.69) is 18.9 Å². The molecule has 0 radical (unpaired) electrons. The third-order valence-corrected chi connectivity index (χ3v) is 4.05. The molecule has 0 fully saturated rings. The lowest BCUT2D eigenvalue weighted by atomic mass is 9.98. The van der Waals surface area contributed by atoms with Gasteiger partial charge in [-0.25, -0.2) is 9.07 Å². The molecule has 0 saturated carbocycles. The molecule has 0 unspecified atom stereocenters. The molecule has 1 aliphatic heterocycles. The van der Waals surface area contributed by atoms with E-state index in [1.165, 1.54) is 6.07 Å². The van der Waals surface area contributed by atoms with Gasteiger partial charge in [0.1, 0.15) is 11.5 Å². The first kappa shape index (κ1) is 15.0. The SMILES string of the molecule is CC(C)c1c(-c2ccc(CO)cc2F)nn2c1O[C@H](C)CC2. The zero-order valence-corrected chi connectivity index (χ0v) is 13.1. The lowest BCUT2D eigenvalue weighted by Gasteiger charge is -2.23. The van der Waals surface area contributed by atoms with Crippen LogP contribution in [-0.2, 0) is 13.2 Å². The standard InChI is InChI=1S/C17H21FN2O2/c1-10(2)15-16(13-5-4-12(9-21)8-14(13)18)19-20-7-6-11(3)22-17(15)20/h4-5,8,10-11,21H,6-7,9H2,1-3H3/t11-/m1/s1. The van der Waals surface area contributed by atoms with E-state index >= 15 is 0 Å². The second kappa shape index (κ2) is 5.72. The van der Waals surface area contributed by atoms with Crippen LogP contribution >= 0.6 is 0 Å². The molecule has 118 valence electrons. The summed E-state index contributed by atoms with van der Waals surface area (Å²) in [6.07, 6.45) is 1.05. The topological polar surface area (TPSA) is 47.3 Å². The highest BCUT2D eigenvalue weighted by Crippen LogP contribution is 2.39. The molecule has 1 aromatic heterocycles. The predicted molar refractivity (Wildman–Crippen MR) is 82.3 cm³/mol. The van der Waals surface area contributed by atoms with E-state index in [1.54, 1.807) is 12.1 Å². The number of aliphatic hydroxyl groups is 1. The molecule has 5 heteroatoms. The first-order chi connectivity index (χ1) is 10.5. The van der Waals surface area contributed by atoms with Gasteiger partial charge in [0.25, 0.3) is 0 Å². The number of halogens is 1. The minimum atomic E-state index is -0.364. The van der Waals surface area contributed by atoms with Crippen LogP contribution in [0.3, 0.4) is 0 Å². The number of aryl methyl sites for hydroxylation is 1. The summed E-state index contributed by atoms with van der Waals surface area (Å²) in [4.78, 5) is 0. The molecular formula is C17H21FN2O2. The van der Waals surface area contributed by atoms with Gasteiger partial charge in [-0.3, -0.25) is 0 Å². The van der Waals surface area contributed by atoms with E-state index in [1.807, 2.05) is 11.6 Å². The molecule has 2 heterocycles. The van der Waals surface area contributed by atoms with Crippen molar-refractivity contribution in [3.8, 4) is 17.1 Å². The molecule has 0 bridgehead atoms. The first-order valence-electron chi connectivity index (χ1n) is 7.68. The molecular weight excluding hydrogens is 283 g/mol. The van der Waals surface area contributed by atoms with E-state index in [0.29, 0.717) is 16.8 Å². The zero-order chi connectivity index (χ0) is 15.9. The normalized spacial score (nSPS) is 17.5. The predicted octanol–water partition coefficient (Wildman–Crippen LogP) is 3.48. The Balaban J connectivity index is 2.15. The average molecular weight is 304 g/mol. The molecule has 1 aromatic carbocycles. The lowest BCUT2D eigenvalue weighted by Crippen LogP contribution is -2.23. The maximum Gasteiger partial charge on any atom is 0.216 e. The van der Waals surface area contributed by atoms with E-state index in [4.69, 9.17) is 9.84 Å². The molecule has 4 nitrogen and oxygen atoms in total. The van der Waals surface area contributed by atoms with E-state index in [9.17, 15) is 4.39 Å². The molecule has 3 rings (SSSR count). The van der Waals surface area contributed by atoms with Crippen LogP contribution in [0.4, 0.5) is 4.39 Å². The van der Waals surface area contributed by atoms with Crippen molar-refractivity contribution in [2.24, 2.45) is 0 Å². The summed E-state index contributed by atoms with van der Waals surface area (Å²) in [7, 11) is 0. The highest BCUT2D eigenvalue weighted by atomic mass is 19.1. The molecule has 1 N–H and O–H groups in total. The van der Waals surface area contributed by atoms with Crippen LogP contribution < -0.4 is 4.74 Å². The van der Waals surface area contributed by atoms with Crippen molar-refractivity contribution in [2.75, 3.05) is 0 Å². The average Bonchev–Trinajstić information content (AvgIpc) is 2.85. The molecule has 2 aromatic rings. The molecule has 0 aliphatic carbocycles. The fourth-order valence-electron chi connectivity index (χ4n) is 2.86.